The summed E-state index contributed by atoms with van der Waals surface area (Å²) in [6.45, 7) is 0. The van der Waals surface area contributed by atoms with Crippen LogP contribution in [0.15, 0.2) is 30.3 Å². The van der Waals surface area contributed by atoms with Crippen molar-refractivity contribution < 1.29 is 22.4 Å². The quantitative estimate of drug-likeness (QED) is 0.334. The number of amides is 1. The minimum Gasteiger partial charge on any atom is -0.252 e. The lowest BCUT2D eigenvalue weighted by Crippen LogP contribution is -2.13. The zero-order valence-electron chi connectivity index (χ0n) is 7.55. The summed E-state index contributed by atoms with van der Waals surface area (Å²) in [6, 6.07) is 3.68. The number of hydrogen-bond acceptors (Lipinski definition) is 1. The Morgan fingerprint density at radius 1 is 1.12 bits per heavy atom. The van der Waals surface area contributed by atoms with Gasteiger partial charge in [-0.2, -0.15) is 8.78 Å². The van der Waals surface area contributed by atoms with Gasteiger partial charge in [0.1, 0.15) is 0 Å². The maximum atomic E-state index is 12.8. The number of anilines is 1. The van der Waals surface area contributed by atoms with Crippen molar-refractivity contribution in [2.45, 2.75) is 0 Å². The Balaban J connectivity index is 3.01. The van der Waals surface area contributed by atoms with Crippen LogP contribution < -0.4 is 5.12 Å². The van der Waals surface area contributed by atoms with Gasteiger partial charge < -0.3 is 0 Å². The molecule has 0 aliphatic rings. The van der Waals surface area contributed by atoms with E-state index >= 15 is 0 Å². The van der Waals surface area contributed by atoms with E-state index in [1.165, 1.54) is 0 Å². The molecule has 0 unspecified atom stereocenters. The fourth-order valence-corrected chi connectivity index (χ4v) is 1.05. The molecule has 0 aromatic heterocycles. The van der Waals surface area contributed by atoms with Crippen LogP contribution in [0.4, 0.5) is 28.1 Å². The third-order valence-corrected chi connectivity index (χ3v) is 1.82. The maximum Gasteiger partial charge on any atom is 0.349 e. The number of carbonyl (C=O) groups excluding carboxylic acids is 1. The molecular weight excluding hydrogens is 250 g/mol. The van der Waals surface area contributed by atoms with Gasteiger partial charge in [0.25, 0.3) is 0 Å². The predicted molar refractivity (Wildman–Crippen MR) is 51.5 cm³/mol. The molecule has 1 rings (SSSR count). The van der Waals surface area contributed by atoms with Crippen molar-refractivity contribution in [2.24, 2.45) is 0 Å². The van der Waals surface area contributed by atoms with Crippen molar-refractivity contribution in [1.29, 1.82) is 0 Å². The van der Waals surface area contributed by atoms with Crippen LogP contribution in [-0.4, -0.2) is 5.37 Å². The topological polar surface area (TPSA) is 20.3 Å². The first-order chi connectivity index (χ1) is 7.43. The highest BCUT2D eigenvalue weighted by molar-refractivity contribution is 6.65. The molecule has 0 atom stereocenters. The Labute approximate surface area is 92.7 Å². The Bertz CT molecular complexity index is 428. The molecule has 1 aromatic rings. The molecule has 16 heavy (non-hydrogen) atoms. The van der Waals surface area contributed by atoms with Crippen molar-refractivity contribution >= 4 is 28.5 Å². The largest absolute Gasteiger partial charge is 0.349 e. The van der Waals surface area contributed by atoms with Crippen molar-refractivity contribution in [3.05, 3.63) is 35.9 Å². The fraction of sp³-hybridized carbons (Fsp3) is 0. The molecule has 1 amide bonds. The fourth-order valence-electron chi connectivity index (χ4n) is 0.949. The molecule has 0 fully saturated rings. The highest BCUT2D eigenvalue weighted by Crippen LogP contribution is 2.25. The number of benzene rings is 1. The van der Waals surface area contributed by atoms with Gasteiger partial charge in [-0.1, -0.05) is 4.48 Å². The predicted octanol–water partition coefficient (Wildman–Crippen LogP) is 4.27. The van der Waals surface area contributed by atoms with Crippen LogP contribution in [0.2, 0.25) is 0 Å². The molecule has 0 N–H and O–H groups in total. The minimum absolute atomic E-state index is 0.282. The smallest absolute Gasteiger partial charge is 0.252 e. The minimum atomic E-state index is -2.47. The summed E-state index contributed by atoms with van der Waals surface area (Å²) < 4.78 is 49.2. The Kier molecular flexibility index (Phi) is 3.89. The van der Waals surface area contributed by atoms with Crippen molar-refractivity contribution in [2.75, 3.05) is 5.12 Å². The third kappa shape index (κ3) is 2.73. The molecule has 0 radical (unpaired) electrons. The molecule has 0 heterocycles. The lowest BCUT2D eigenvalue weighted by molar-refractivity contribution is 0.253. The van der Waals surface area contributed by atoms with Crippen molar-refractivity contribution in [3.8, 4) is 0 Å². The number of nitrogens with zero attached hydrogens (tertiary/aromatic N) is 1. The number of halogens is 5. The molecule has 0 aliphatic heterocycles. The van der Waals surface area contributed by atoms with E-state index in [0.717, 1.165) is 24.3 Å². The van der Waals surface area contributed by atoms with E-state index in [9.17, 15) is 22.4 Å². The molecule has 7 heteroatoms. The molecule has 0 spiro atoms. The average molecular weight is 254 g/mol. The normalized spacial score (nSPS) is 9.81. The first kappa shape index (κ1) is 12.5. The van der Waals surface area contributed by atoms with E-state index in [0.29, 0.717) is 0 Å². The molecule has 2 nitrogen and oxygen atoms in total. The number of carbonyl (C=O) groups is 1. The van der Waals surface area contributed by atoms with Gasteiger partial charge in [0.15, 0.2) is 5.83 Å². The van der Waals surface area contributed by atoms with Crippen molar-refractivity contribution in [3.63, 3.8) is 0 Å². The Morgan fingerprint density at radius 3 is 2.00 bits per heavy atom. The monoisotopic (exact) mass is 253 g/mol. The lowest BCUT2D eigenvalue weighted by Gasteiger charge is -2.07. The highest BCUT2D eigenvalue weighted by atomic mass is 35.5. The number of rotatable bonds is 2. The Morgan fingerprint density at radius 2 is 1.62 bits per heavy atom. The van der Waals surface area contributed by atoms with E-state index < -0.39 is 28.0 Å². The second-order valence-electron chi connectivity index (χ2n) is 2.66. The summed E-state index contributed by atoms with van der Waals surface area (Å²) in [5.41, 5.74) is -0.699. The van der Waals surface area contributed by atoms with Gasteiger partial charge in [0, 0.05) is 5.56 Å². The van der Waals surface area contributed by atoms with Crippen LogP contribution in [0.3, 0.4) is 0 Å². The van der Waals surface area contributed by atoms with Crippen LogP contribution in [0, 0.1) is 0 Å². The summed E-state index contributed by atoms with van der Waals surface area (Å²) in [5.74, 6) is -1.70. The Hall–Kier alpha value is -1.56. The second-order valence-corrected chi connectivity index (χ2v) is 2.98. The number of hydrogen-bond donors (Lipinski definition) is 0. The van der Waals surface area contributed by atoms with Gasteiger partial charge in [-0.3, -0.25) is 4.79 Å². The van der Waals surface area contributed by atoms with Crippen LogP contribution in [0.1, 0.15) is 5.56 Å². The molecule has 86 valence electrons. The zero-order chi connectivity index (χ0) is 12.3. The van der Waals surface area contributed by atoms with E-state index in [-0.39, 0.29) is 5.69 Å². The highest BCUT2D eigenvalue weighted by Gasteiger charge is 2.13. The first-order valence-corrected chi connectivity index (χ1v) is 4.28. The van der Waals surface area contributed by atoms with Gasteiger partial charge in [-0.05, 0) is 35.9 Å². The van der Waals surface area contributed by atoms with Crippen LogP contribution >= 0.6 is 11.6 Å². The molecular formula is C9H4ClF4NO. The molecule has 0 saturated heterocycles. The molecule has 0 bridgehead atoms. The summed E-state index contributed by atoms with van der Waals surface area (Å²) in [7, 11) is 0. The summed E-state index contributed by atoms with van der Waals surface area (Å²) in [6.07, 6.45) is -2.47. The third-order valence-electron chi connectivity index (χ3n) is 1.67. The van der Waals surface area contributed by atoms with E-state index in [1.54, 1.807) is 0 Å². The standard InChI is InChI=1S/C9H4ClF4NO/c10-9(16)15(14)6-3-1-5(2-4-6)7(11)8(12)13/h1-4H. The summed E-state index contributed by atoms with van der Waals surface area (Å²) in [5, 5.41) is -1.79. The van der Waals surface area contributed by atoms with Gasteiger partial charge in [0.2, 0.25) is 0 Å². The molecule has 0 saturated carbocycles. The summed E-state index contributed by atoms with van der Waals surface area (Å²) >= 11 is 4.82. The lowest BCUT2D eigenvalue weighted by atomic mass is 10.2. The van der Waals surface area contributed by atoms with Gasteiger partial charge >= 0.3 is 11.4 Å². The maximum absolute atomic E-state index is 12.8. The summed E-state index contributed by atoms with van der Waals surface area (Å²) in [4.78, 5) is 10.4. The SMILES string of the molecule is O=C(Cl)N(F)c1ccc(C(F)=C(F)F)cc1. The van der Waals surface area contributed by atoms with E-state index in [2.05, 4.69) is 0 Å². The van der Waals surface area contributed by atoms with Crippen LogP contribution in [0.25, 0.3) is 5.83 Å². The average Bonchev–Trinajstić information content (AvgIpc) is 2.27. The first-order valence-electron chi connectivity index (χ1n) is 3.90. The van der Waals surface area contributed by atoms with E-state index in [4.69, 9.17) is 11.6 Å². The van der Waals surface area contributed by atoms with Gasteiger partial charge in [0.05, 0.1) is 5.69 Å². The van der Waals surface area contributed by atoms with Gasteiger partial charge in [-0.15, -0.1) is 5.12 Å². The zero-order valence-corrected chi connectivity index (χ0v) is 8.31. The van der Waals surface area contributed by atoms with Gasteiger partial charge in [-0.25, -0.2) is 4.39 Å². The van der Waals surface area contributed by atoms with Crippen molar-refractivity contribution in [1.82, 2.24) is 0 Å². The second kappa shape index (κ2) is 4.98. The van der Waals surface area contributed by atoms with Crippen LogP contribution in [-0.2, 0) is 0 Å². The van der Waals surface area contributed by atoms with E-state index in [1.807, 2.05) is 0 Å². The van der Waals surface area contributed by atoms with Crippen LogP contribution in [0.5, 0.6) is 0 Å². The molecule has 0 aliphatic carbocycles. The molecule has 1 aromatic carbocycles.